The Bertz CT molecular complexity index is 627. The lowest BCUT2D eigenvalue weighted by molar-refractivity contribution is 0.0211. The number of benzene rings is 1. The summed E-state index contributed by atoms with van der Waals surface area (Å²) in [5.41, 5.74) is 1.03. The fourth-order valence-corrected chi connectivity index (χ4v) is 3.36. The van der Waals surface area contributed by atoms with Gasteiger partial charge in [0.1, 0.15) is 0 Å². The second-order valence-electron chi connectivity index (χ2n) is 6.37. The zero-order valence-electron chi connectivity index (χ0n) is 17.1. The van der Waals surface area contributed by atoms with E-state index in [0.717, 1.165) is 55.4 Å². The van der Waals surface area contributed by atoms with Gasteiger partial charge in [-0.2, -0.15) is 0 Å². The van der Waals surface area contributed by atoms with Crippen LogP contribution >= 0.6 is 39.9 Å². The number of guanidine groups is 1. The molecule has 1 atom stereocenters. The lowest BCUT2D eigenvalue weighted by Crippen LogP contribution is -2.49. The number of ether oxygens (including phenoxy) is 3. The van der Waals surface area contributed by atoms with E-state index in [-0.39, 0.29) is 24.0 Å². The van der Waals surface area contributed by atoms with Crippen LogP contribution in [-0.4, -0.2) is 70.5 Å². The number of aliphatic imine (C=N–C) groups is 1. The van der Waals surface area contributed by atoms with E-state index in [1.54, 1.807) is 14.2 Å². The lowest BCUT2D eigenvalue weighted by Gasteiger charge is -2.32. The molecule has 2 N–H and O–H groups in total. The summed E-state index contributed by atoms with van der Waals surface area (Å²) in [4.78, 5) is 7.15. The molecule has 1 fully saturated rings. The van der Waals surface area contributed by atoms with Crippen molar-refractivity contribution in [2.24, 2.45) is 4.99 Å². The highest BCUT2D eigenvalue weighted by Gasteiger charge is 2.17. The molecule has 2 rings (SSSR count). The molecule has 1 unspecified atom stereocenters. The maximum atomic E-state index is 5.43. The Balaban J connectivity index is 0.00000392. The highest BCUT2D eigenvalue weighted by molar-refractivity contribution is 14.0. The van der Waals surface area contributed by atoms with E-state index >= 15 is 0 Å². The zero-order chi connectivity index (χ0) is 19.6. The van der Waals surface area contributed by atoms with Crippen molar-refractivity contribution in [2.75, 3.05) is 53.6 Å². The minimum atomic E-state index is 0. The van der Waals surface area contributed by atoms with Crippen LogP contribution in [0, 0.1) is 0 Å². The third-order valence-corrected chi connectivity index (χ3v) is 5.28. The van der Waals surface area contributed by atoms with Crippen LogP contribution in [0.4, 0.5) is 0 Å². The van der Waals surface area contributed by atoms with Crippen LogP contribution in [0.25, 0.3) is 0 Å². The molecule has 1 aromatic rings. The summed E-state index contributed by atoms with van der Waals surface area (Å²) in [6.45, 7) is 10.1. The first-order chi connectivity index (χ1) is 13.1. The van der Waals surface area contributed by atoms with Crippen molar-refractivity contribution in [3.8, 4) is 11.5 Å². The van der Waals surface area contributed by atoms with Crippen molar-refractivity contribution in [3.05, 3.63) is 22.2 Å². The third-order valence-electron chi connectivity index (χ3n) is 4.54. The minimum absolute atomic E-state index is 0. The molecule has 160 valence electrons. The molecule has 28 heavy (non-hydrogen) atoms. The van der Waals surface area contributed by atoms with Gasteiger partial charge in [-0.3, -0.25) is 4.90 Å². The van der Waals surface area contributed by atoms with Crippen molar-refractivity contribution < 1.29 is 14.2 Å². The molecule has 0 aliphatic carbocycles. The largest absolute Gasteiger partial charge is 0.493 e. The molecule has 1 aliphatic rings. The number of methoxy groups -OCH3 is 2. The van der Waals surface area contributed by atoms with Crippen LogP contribution in [0.1, 0.15) is 19.4 Å². The Hall–Kier alpha value is -0.780. The van der Waals surface area contributed by atoms with E-state index in [4.69, 9.17) is 19.2 Å². The van der Waals surface area contributed by atoms with Gasteiger partial charge in [0, 0.05) is 36.7 Å². The van der Waals surface area contributed by atoms with E-state index in [1.165, 1.54) is 0 Å². The van der Waals surface area contributed by atoms with Crippen molar-refractivity contribution in [1.29, 1.82) is 0 Å². The number of nitrogens with zero attached hydrogens (tertiary/aromatic N) is 2. The van der Waals surface area contributed by atoms with Crippen LogP contribution in [0.3, 0.4) is 0 Å². The summed E-state index contributed by atoms with van der Waals surface area (Å²) in [7, 11) is 3.27. The molecule has 1 saturated heterocycles. The molecule has 0 saturated carbocycles. The molecule has 0 bridgehead atoms. The van der Waals surface area contributed by atoms with Gasteiger partial charge in [0.2, 0.25) is 0 Å². The minimum Gasteiger partial charge on any atom is -0.493 e. The first-order valence-corrected chi connectivity index (χ1v) is 10.1. The van der Waals surface area contributed by atoms with Gasteiger partial charge in [0.25, 0.3) is 0 Å². The first kappa shape index (κ1) is 25.3. The predicted molar refractivity (Wildman–Crippen MR) is 127 cm³/mol. The summed E-state index contributed by atoms with van der Waals surface area (Å²) >= 11 is 3.59. The SMILES string of the molecule is CCNC(=NCc1cc(OC)c(OC)cc1Br)NCC(C)N1CCOCC1.I. The van der Waals surface area contributed by atoms with Gasteiger partial charge in [-0.05, 0) is 31.5 Å². The maximum Gasteiger partial charge on any atom is 0.191 e. The topological polar surface area (TPSA) is 67.4 Å². The smallest absolute Gasteiger partial charge is 0.191 e. The zero-order valence-corrected chi connectivity index (χ0v) is 21.0. The second-order valence-corrected chi connectivity index (χ2v) is 7.23. The van der Waals surface area contributed by atoms with Crippen LogP contribution in [0.5, 0.6) is 11.5 Å². The predicted octanol–water partition coefficient (Wildman–Crippen LogP) is 2.86. The van der Waals surface area contributed by atoms with Gasteiger partial charge in [-0.25, -0.2) is 4.99 Å². The number of hydrogen-bond acceptors (Lipinski definition) is 5. The second kappa shape index (κ2) is 13.4. The monoisotopic (exact) mass is 570 g/mol. The molecule has 1 aliphatic heterocycles. The van der Waals surface area contributed by atoms with Gasteiger partial charge < -0.3 is 24.8 Å². The number of hydrogen-bond donors (Lipinski definition) is 2. The normalized spacial score (nSPS) is 16.1. The molecular formula is C19H32BrIN4O3. The van der Waals surface area contributed by atoms with Crippen molar-refractivity contribution in [3.63, 3.8) is 0 Å². The Morgan fingerprint density at radius 2 is 1.86 bits per heavy atom. The van der Waals surface area contributed by atoms with Crippen LogP contribution < -0.4 is 20.1 Å². The number of morpholine rings is 1. The fourth-order valence-electron chi connectivity index (χ4n) is 2.92. The highest BCUT2D eigenvalue weighted by Crippen LogP contribution is 2.33. The van der Waals surface area contributed by atoms with Crippen molar-refractivity contribution >= 4 is 45.9 Å². The maximum absolute atomic E-state index is 5.43. The Kier molecular flexibility index (Phi) is 12.1. The summed E-state index contributed by atoms with van der Waals surface area (Å²) in [5.74, 6) is 2.20. The van der Waals surface area contributed by atoms with Gasteiger partial charge in [0.05, 0.1) is 34.0 Å². The Morgan fingerprint density at radius 1 is 1.21 bits per heavy atom. The molecule has 7 nitrogen and oxygen atoms in total. The van der Waals surface area contributed by atoms with Crippen molar-refractivity contribution in [1.82, 2.24) is 15.5 Å². The van der Waals surface area contributed by atoms with E-state index in [2.05, 4.69) is 45.3 Å². The van der Waals surface area contributed by atoms with E-state index in [1.807, 2.05) is 12.1 Å². The van der Waals surface area contributed by atoms with Crippen LogP contribution in [0.15, 0.2) is 21.6 Å². The number of rotatable bonds is 8. The summed E-state index contributed by atoms with van der Waals surface area (Å²) < 4.78 is 17.1. The van der Waals surface area contributed by atoms with E-state index < -0.39 is 0 Å². The number of nitrogens with one attached hydrogen (secondary N) is 2. The molecule has 0 amide bonds. The lowest BCUT2D eigenvalue weighted by atomic mass is 10.2. The molecule has 0 spiro atoms. The summed E-state index contributed by atoms with van der Waals surface area (Å²) in [5, 5.41) is 6.75. The van der Waals surface area contributed by atoms with Crippen molar-refractivity contribution in [2.45, 2.75) is 26.4 Å². The van der Waals surface area contributed by atoms with Crippen LogP contribution in [0.2, 0.25) is 0 Å². The Morgan fingerprint density at radius 3 is 2.46 bits per heavy atom. The third kappa shape index (κ3) is 7.57. The highest BCUT2D eigenvalue weighted by atomic mass is 127. The van der Waals surface area contributed by atoms with Gasteiger partial charge in [0.15, 0.2) is 17.5 Å². The fraction of sp³-hybridized carbons (Fsp3) is 0.632. The van der Waals surface area contributed by atoms with E-state index in [9.17, 15) is 0 Å². The van der Waals surface area contributed by atoms with Gasteiger partial charge in [-0.1, -0.05) is 15.9 Å². The number of halogens is 2. The molecule has 0 aromatic heterocycles. The van der Waals surface area contributed by atoms with Gasteiger partial charge >= 0.3 is 0 Å². The molecule has 1 heterocycles. The van der Waals surface area contributed by atoms with E-state index in [0.29, 0.717) is 24.1 Å². The average Bonchev–Trinajstić information content (AvgIpc) is 2.70. The summed E-state index contributed by atoms with van der Waals surface area (Å²) in [6, 6.07) is 4.28. The van der Waals surface area contributed by atoms with Gasteiger partial charge in [-0.15, -0.1) is 24.0 Å². The van der Waals surface area contributed by atoms with Crippen LogP contribution in [-0.2, 0) is 11.3 Å². The molecular weight excluding hydrogens is 539 g/mol. The molecule has 1 aromatic carbocycles. The summed E-state index contributed by atoms with van der Waals surface area (Å²) in [6.07, 6.45) is 0. The standard InChI is InChI=1S/C19H31BrN4O3.HI/c1-5-21-19(22-12-14(2)24-6-8-27-9-7-24)23-13-15-10-17(25-3)18(26-4)11-16(15)20;/h10-11,14H,5-9,12-13H2,1-4H3,(H2,21,22,23);1H. The quantitative estimate of drug-likeness (QED) is 0.285. The Labute approximate surface area is 193 Å². The average molecular weight is 571 g/mol. The molecule has 0 radical (unpaired) electrons. The first-order valence-electron chi connectivity index (χ1n) is 9.33. The molecule has 9 heteroatoms.